The number of para-hydroxylation sites is 3. The van der Waals surface area contributed by atoms with Crippen molar-refractivity contribution in [1.82, 2.24) is 9.97 Å². The topological polar surface area (TPSA) is 65.2 Å². The van der Waals surface area contributed by atoms with Gasteiger partial charge >= 0.3 is 0 Å². The van der Waals surface area contributed by atoms with E-state index in [1.807, 2.05) is 30.6 Å². The van der Waals surface area contributed by atoms with Crippen molar-refractivity contribution in [2.45, 2.75) is 0 Å². The first kappa shape index (κ1) is 36.4. The van der Waals surface area contributed by atoms with Crippen molar-refractivity contribution in [2.24, 2.45) is 0 Å². The summed E-state index contributed by atoms with van der Waals surface area (Å²) in [5.74, 6) is 0. The van der Waals surface area contributed by atoms with E-state index in [1.54, 1.807) is 11.3 Å². The molecule has 14 rings (SSSR count). The van der Waals surface area contributed by atoms with Gasteiger partial charge in [-0.1, -0.05) is 133 Å². The van der Waals surface area contributed by atoms with Gasteiger partial charge in [-0.3, -0.25) is 9.97 Å². The number of pyridine rings is 2. The Kier molecular flexibility index (Phi) is 7.81. The average Bonchev–Trinajstić information content (AvgIpc) is 4.15. The lowest BCUT2D eigenvalue weighted by atomic mass is 10.0. The van der Waals surface area contributed by atoms with Crippen molar-refractivity contribution in [3.05, 3.63) is 207 Å². The molecule has 0 atom stereocenters. The monoisotopic (exact) mass is 866 g/mol. The lowest BCUT2D eigenvalue weighted by Gasteiger charge is -2.34. The number of thiophene rings is 1. The van der Waals surface area contributed by atoms with Gasteiger partial charge in [0.15, 0.2) is 13.7 Å². The van der Waals surface area contributed by atoms with E-state index >= 15 is 0 Å². The van der Waals surface area contributed by atoms with Crippen molar-refractivity contribution in [2.75, 3.05) is 0 Å². The number of nitrogens with zero attached hydrogens (tertiary/aromatic N) is 2. The summed E-state index contributed by atoms with van der Waals surface area (Å²) in [6.07, 6.45) is 3.85. The quantitative estimate of drug-likeness (QED) is 0.123. The molecule has 0 spiro atoms. The van der Waals surface area contributed by atoms with E-state index in [2.05, 4.69) is 176 Å². The first-order valence-electron chi connectivity index (χ1n) is 21.8. The van der Waals surface area contributed by atoms with E-state index < -0.39 is 8.07 Å². The van der Waals surface area contributed by atoms with Gasteiger partial charge in [0.1, 0.15) is 27.9 Å². The summed E-state index contributed by atoms with van der Waals surface area (Å²) in [7, 11) is -3.23. The Hall–Kier alpha value is -8.10. The van der Waals surface area contributed by atoms with E-state index in [1.165, 1.54) is 30.5 Å². The molecule has 0 saturated carbocycles. The van der Waals surface area contributed by atoms with Gasteiger partial charge in [0.25, 0.3) is 0 Å². The Bertz CT molecular complexity index is 3930. The van der Waals surface area contributed by atoms with Gasteiger partial charge in [-0.25, -0.2) is 0 Å². The zero-order valence-electron chi connectivity index (χ0n) is 34.7. The third-order valence-electron chi connectivity index (χ3n) is 13.3. The Morgan fingerprint density at radius 2 is 0.846 bits per heavy atom. The molecule has 7 heteroatoms. The lowest BCUT2D eigenvalue weighted by Crippen LogP contribution is -2.75. The lowest BCUT2D eigenvalue weighted by molar-refractivity contribution is 0.667. The molecule has 0 aliphatic carbocycles. The SMILES string of the molecule is c1ccc([Si](c2ccccc2)(c2cccc3c2oc2ccc(-c4cc5c(cn4)oc4ccccc45)cc23)c2cccc3c2oc2ccc(-c4cc5c(cn4)sc4ccccc45)cc23)cc1. The average molecular weight is 867 g/mol. The van der Waals surface area contributed by atoms with Gasteiger partial charge in [-0.2, -0.15) is 0 Å². The Balaban J connectivity index is 0.993. The molecule has 0 aliphatic rings. The van der Waals surface area contributed by atoms with Crippen molar-refractivity contribution in [1.29, 1.82) is 0 Å². The van der Waals surface area contributed by atoms with Crippen LogP contribution in [0.25, 0.3) is 109 Å². The number of rotatable bonds is 6. The van der Waals surface area contributed by atoms with Crippen LogP contribution in [0.1, 0.15) is 0 Å². The summed E-state index contributed by atoms with van der Waals surface area (Å²) in [4.78, 5) is 9.86. The molecule has 0 saturated heterocycles. The number of aromatic nitrogens is 2. The molecule has 6 aromatic heterocycles. The van der Waals surface area contributed by atoms with Gasteiger partial charge in [0.05, 0.1) is 22.3 Å². The number of hydrogen-bond acceptors (Lipinski definition) is 6. The molecule has 0 aliphatic heterocycles. The second kappa shape index (κ2) is 13.9. The van der Waals surface area contributed by atoms with Crippen LogP contribution in [0.15, 0.2) is 220 Å². The van der Waals surface area contributed by atoms with Crippen LogP contribution in [0, 0.1) is 0 Å². The highest BCUT2D eigenvalue weighted by Crippen LogP contribution is 2.39. The molecule has 0 unspecified atom stereocenters. The first-order valence-corrected chi connectivity index (χ1v) is 24.6. The molecule has 0 fully saturated rings. The van der Waals surface area contributed by atoms with Crippen molar-refractivity contribution in [3.63, 3.8) is 0 Å². The molecule has 0 amide bonds. The number of hydrogen-bond donors (Lipinski definition) is 0. The van der Waals surface area contributed by atoms with Gasteiger partial charge in [0.2, 0.25) is 0 Å². The van der Waals surface area contributed by atoms with E-state index in [4.69, 9.17) is 23.2 Å². The Morgan fingerprint density at radius 1 is 0.338 bits per heavy atom. The van der Waals surface area contributed by atoms with Crippen LogP contribution in [0.5, 0.6) is 0 Å². The minimum atomic E-state index is -3.23. The molecule has 6 heterocycles. The summed E-state index contributed by atoms with van der Waals surface area (Å²) in [6.45, 7) is 0. The van der Waals surface area contributed by atoms with Gasteiger partial charge < -0.3 is 13.3 Å². The normalized spacial score (nSPS) is 12.3. The standard InChI is InChI=1S/C58H34N2O3SSi/c1-3-13-37(14-4-1)65(38-15-5-2-6-16-38,55-23-11-19-41-43-29-35(25-27-50(43)62-57(41)55)47-31-45-39-17-7-9-21-49(39)61-52(45)33-59-47)56-24-12-20-42-44-30-36(26-28-51(44)63-58(42)56)48-32-46-40-18-8-10-22-53(40)64-54(46)34-60-48/h1-34H. The smallest absolute Gasteiger partial charge is 0.188 e. The van der Waals surface area contributed by atoms with Crippen LogP contribution in [0.3, 0.4) is 0 Å². The highest BCUT2D eigenvalue weighted by Gasteiger charge is 2.45. The molecule has 0 N–H and O–H groups in total. The summed E-state index contributed by atoms with van der Waals surface area (Å²) in [6, 6.07) is 69.4. The maximum Gasteiger partial charge on any atom is 0.188 e. The molecule has 0 bridgehead atoms. The minimum Gasteiger partial charge on any atom is -0.456 e. The van der Waals surface area contributed by atoms with Crippen molar-refractivity contribution >= 4 is 126 Å². The fourth-order valence-corrected chi connectivity index (χ4v) is 16.4. The summed E-state index contributed by atoms with van der Waals surface area (Å²) in [5, 5.41) is 13.6. The van der Waals surface area contributed by atoms with Crippen LogP contribution in [0.4, 0.5) is 0 Å². The Morgan fingerprint density at radius 3 is 1.49 bits per heavy atom. The van der Waals surface area contributed by atoms with Crippen LogP contribution >= 0.6 is 11.3 Å². The molecule has 14 aromatic rings. The maximum absolute atomic E-state index is 7.12. The van der Waals surface area contributed by atoms with Gasteiger partial charge in [-0.05, 0) is 81.4 Å². The fraction of sp³-hybridized carbons (Fsp3) is 0. The molecule has 65 heavy (non-hydrogen) atoms. The van der Waals surface area contributed by atoms with Crippen LogP contribution in [0.2, 0.25) is 0 Å². The van der Waals surface area contributed by atoms with Gasteiger partial charge in [-0.15, -0.1) is 11.3 Å². The van der Waals surface area contributed by atoms with Crippen LogP contribution in [-0.4, -0.2) is 18.0 Å². The van der Waals surface area contributed by atoms with E-state index in [0.29, 0.717) is 0 Å². The van der Waals surface area contributed by atoms with Crippen LogP contribution < -0.4 is 20.7 Å². The molecular formula is C58H34N2O3SSi. The van der Waals surface area contributed by atoms with Crippen molar-refractivity contribution < 1.29 is 13.3 Å². The fourth-order valence-electron chi connectivity index (χ4n) is 10.4. The van der Waals surface area contributed by atoms with Gasteiger partial charge in [0, 0.05) is 65.1 Å². The maximum atomic E-state index is 7.12. The molecule has 304 valence electrons. The van der Waals surface area contributed by atoms with Crippen molar-refractivity contribution in [3.8, 4) is 22.5 Å². The summed E-state index contributed by atoms with van der Waals surface area (Å²) in [5.41, 5.74) is 8.95. The summed E-state index contributed by atoms with van der Waals surface area (Å²) < 4.78 is 22.8. The highest BCUT2D eigenvalue weighted by atomic mass is 32.1. The highest BCUT2D eigenvalue weighted by molar-refractivity contribution is 7.25. The summed E-state index contributed by atoms with van der Waals surface area (Å²) >= 11 is 1.79. The van der Waals surface area contributed by atoms with E-state index in [0.717, 1.165) is 98.7 Å². The number of benzene rings is 8. The third kappa shape index (κ3) is 5.37. The van der Waals surface area contributed by atoms with Crippen LogP contribution in [-0.2, 0) is 0 Å². The second-order valence-electron chi connectivity index (χ2n) is 16.8. The number of fused-ring (bicyclic) bond motifs is 12. The molecule has 5 nitrogen and oxygen atoms in total. The third-order valence-corrected chi connectivity index (χ3v) is 19.3. The molecule has 8 aromatic carbocycles. The first-order chi connectivity index (χ1) is 32.2. The zero-order valence-corrected chi connectivity index (χ0v) is 36.5. The van der Waals surface area contributed by atoms with E-state index in [-0.39, 0.29) is 0 Å². The molecular weight excluding hydrogens is 833 g/mol. The van der Waals surface area contributed by atoms with E-state index in [9.17, 15) is 0 Å². The largest absolute Gasteiger partial charge is 0.456 e. The number of furan rings is 3. The molecule has 0 radical (unpaired) electrons. The predicted octanol–water partition coefficient (Wildman–Crippen LogP) is 13.3. The second-order valence-corrected chi connectivity index (χ2v) is 21.6. The minimum absolute atomic E-state index is 0.777. The zero-order chi connectivity index (χ0) is 42.6. The Labute approximate surface area is 376 Å². The predicted molar refractivity (Wildman–Crippen MR) is 271 cm³/mol.